The van der Waals surface area contributed by atoms with Crippen molar-refractivity contribution >= 4 is 43.2 Å². The number of hydrogen-bond acceptors (Lipinski definition) is 7. The first-order valence-corrected chi connectivity index (χ1v) is 16.2. The number of ether oxygens (including phenoxy) is 1. The first-order valence-electron chi connectivity index (χ1n) is 12.9. The molecule has 0 spiro atoms. The third-order valence-electron chi connectivity index (χ3n) is 6.95. The van der Waals surface area contributed by atoms with Gasteiger partial charge in [-0.1, -0.05) is 42.8 Å². The third kappa shape index (κ3) is 6.68. The van der Waals surface area contributed by atoms with Gasteiger partial charge >= 0.3 is 0 Å². The summed E-state index contributed by atoms with van der Waals surface area (Å²) in [5, 5.41) is 10.3. The van der Waals surface area contributed by atoms with Crippen molar-refractivity contribution in [2.45, 2.75) is 35.8 Å². The highest BCUT2D eigenvalue weighted by Crippen LogP contribution is 2.36. The molecule has 0 saturated heterocycles. The van der Waals surface area contributed by atoms with Crippen molar-refractivity contribution in [3.63, 3.8) is 0 Å². The van der Waals surface area contributed by atoms with E-state index in [2.05, 4.69) is 4.72 Å². The highest BCUT2D eigenvalue weighted by atomic mass is 35.5. The largest absolute Gasteiger partial charge is 0.486 e. The van der Waals surface area contributed by atoms with Crippen LogP contribution in [-0.2, 0) is 20.0 Å². The molecule has 0 fully saturated rings. The number of anilines is 1. The van der Waals surface area contributed by atoms with E-state index in [1.807, 2.05) is 0 Å². The molecule has 1 aliphatic heterocycles. The van der Waals surface area contributed by atoms with Gasteiger partial charge in [0.05, 0.1) is 40.2 Å². The number of aliphatic hydroxyl groups excluding tert-OH is 1. The Hall–Kier alpha value is -3.16. The highest BCUT2D eigenvalue weighted by molar-refractivity contribution is 7.92. The number of halogens is 1. The Morgan fingerprint density at radius 1 is 1.02 bits per heavy atom. The maximum atomic E-state index is 13.7. The molecule has 2 N–H and O–H groups in total. The fraction of sp³-hybridized carbons (Fsp3) is 0.321. The van der Waals surface area contributed by atoms with Crippen LogP contribution in [0.2, 0.25) is 5.02 Å². The van der Waals surface area contributed by atoms with Gasteiger partial charge in [-0.15, -0.1) is 0 Å². The second kappa shape index (κ2) is 12.4. The summed E-state index contributed by atoms with van der Waals surface area (Å²) >= 11 is 5.93. The number of rotatable bonds is 9. The second-order valence-electron chi connectivity index (χ2n) is 9.96. The topological polar surface area (TPSA) is 133 Å². The summed E-state index contributed by atoms with van der Waals surface area (Å²) in [4.78, 5) is 15.2. The van der Waals surface area contributed by atoms with Crippen LogP contribution in [0, 0.1) is 5.92 Å². The summed E-state index contributed by atoms with van der Waals surface area (Å²) in [5.41, 5.74) is 0.109. The summed E-state index contributed by atoms with van der Waals surface area (Å²) in [7, 11) is -6.56. The fourth-order valence-corrected chi connectivity index (χ4v) is 6.88. The molecular formula is C28H32ClN3O7S2. The molecule has 1 heterocycles. The van der Waals surface area contributed by atoms with Crippen molar-refractivity contribution in [1.29, 1.82) is 0 Å². The van der Waals surface area contributed by atoms with E-state index in [0.717, 1.165) is 4.31 Å². The summed E-state index contributed by atoms with van der Waals surface area (Å²) in [5.74, 6) is -0.890. The number of carbonyl (C=O) groups is 1. The molecule has 3 aromatic rings. The van der Waals surface area contributed by atoms with Gasteiger partial charge in [0.25, 0.3) is 15.9 Å². The van der Waals surface area contributed by atoms with Crippen molar-refractivity contribution < 1.29 is 31.5 Å². The lowest BCUT2D eigenvalue weighted by Gasteiger charge is -2.38. The minimum atomic E-state index is -4.05. The lowest BCUT2D eigenvalue weighted by atomic mass is 9.99. The van der Waals surface area contributed by atoms with E-state index in [9.17, 15) is 26.7 Å². The number of sulfonamides is 2. The molecule has 13 heteroatoms. The number of hydrogen-bond donors (Lipinski definition) is 2. The molecule has 0 unspecified atom stereocenters. The predicted octanol–water partition coefficient (Wildman–Crippen LogP) is 3.68. The van der Waals surface area contributed by atoms with Gasteiger partial charge in [0.15, 0.2) is 5.75 Å². The Morgan fingerprint density at radius 3 is 2.32 bits per heavy atom. The van der Waals surface area contributed by atoms with E-state index in [4.69, 9.17) is 16.3 Å². The molecule has 220 valence electrons. The molecule has 1 aliphatic rings. The molecule has 41 heavy (non-hydrogen) atoms. The lowest BCUT2D eigenvalue weighted by Crippen LogP contribution is -2.50. The maximum Gasteiger partial charge on any atom is 0.262 e. The molecule has 10 nitrogen and oxygen atoms in total. The average molecular weight is 622 g/mol. The fourth-order valence-electron chi connectivity index (χ4n) is 4.48. The Balaban J connectivity index is 1.76. The summed E-state index contributed by atoms with van der Waals surface area (Å²) in [6.07, 6.45) is -0.801. The number of amides is 1. The van der Waals surface area contributed by atoms with Crippen LogP contribution in [0.15, 0.2) is 82.6 Å². The predicted molar refractivity (Wildman–Crippen MR) is 156 cm³/mol. The minimum Gasteiger partial charge on any atom is -0.486 e. The number of likely N-dealkylation sites (N-methyl/N-ethyl adjacent to an activating group) is 1. The van der Waals surface area contributed by atoms with Crippen LogP contribution in [0.25, 0.3) is 0 Å². The number of nitrogens with zero attached hydrogens (tertiary/aromatic N) is 2. The monoisotopic (exact) mass is 621 g/mol. The summed E-state index contributed by atoms with van der Waals surface area (Å²) in [6, 6.07) is 17.5. The zero-order valence-electron chi connectivity index (χ0n) is 22.8. The minimum absolute atomic E-state index is 0.0176. The van der Waals surface area contributed by atoms with Gasteiger partial charge in [0.2, 0.25) is 10.0 Å². The quantitative estimate of drug-likeness (QED) is 0.372. The van der Waals surface area contributed by atoms with Crippen LogP contribution in [0.3, 0.4) is 0 Å². The Labute approximate surface area is 245 Å². The lowest BCUT2D eigenvalue weighted by molar-refractivity contribution is 0.0389. The SMILES string of the molecule is C[C@H]1CN([C@@H](C)CO)C(=O)c2cccc(NS(=O)(=O)c3ccccc3)c2O[C@@H]1CN(C)S(=O)(=O)c1ccc(Cl)cc1. The van der Waals surface area contributed by atoms with Crippen molar-refractivity contribution in [3.8, 4) is 5.75 Å². The number of aliphatic hydroxyl groups is 1. The van der Waals surface area contributed by atoms with Gasteiger partial charge in [0, 0.05) is 24.5 Å². The van der Waals surface area contributed by atoms with Gasteiger partial charge in [-0.3, -0.25) is 9.52 Å². The van der Waals surface area contributed by atoms with Gasteiger partial charge < -0.3 is 14.7 Å². The van der Waals surface area contributed by atoms with Crippen LogP contribution in [0.5, 0.6) is 5.75 Å². The van der Waals surface area contributed by atoms with E-state index in [0.29, 0.717) is 5.02 Å². The van der Waals surface area contributed by atoms with E-state index >= 15 is 0 Å². The van der Waals surface area contributed by atoms with E-state index in [-0.39, 0.29) is 46.5 Å². The first kappa shape index (κ1) is 30.8. The molecule has 3 atom stereocenters. The smallest absolute Gasteiger partial charge is 0.262 e. The van der Waals surface area contributed by atoms with Crippen molar-refractivity contribution in [1.82, 2.24) is 9.21 Å². The maximum absolute atomic E-state index is 13.7. The van der Waals surface area contributed by atoms with E-state index in [1.54, 1.807) is 32.0 Å². The van der Waals surface area contributed by atoms with Gasteiger partial charge in [0.1, 0.15) is 6.10 Å². The zero-order valence-corrected chi connectivity index (χ0v) is 25.2. The van der Waals surface area contributed by atoms with Gasteiger partial charge in [-0.05, 0) is 55.5 Å². The number of benzene rings is 3. The van der Waals surface area contributed by atoms with Crippen molar-refractivity contribution in [3.05, 3.63) is 83.4 Å². The Bertz CT molecular complexity index is 1600. The molecule has 0 aromatic heterocycles. The van der Waals surface area contributed by atoms with E-state index < -0.39 is 44.0 Å². The van der Waals surface area contributed by atoms with Crippen LogP contribution >= 0.6 is 11.6 Å². The molecule has 0 bridgehead atoms. The summed E-state index contributed by atoms with van der Waals surface area (Å²) < 4.78 is 63.1. The standard InChI is InChI=1S/C28H32ClN3O7S2/c1-19-16-32(20(2)18-33)28(34)24-10-7-11-25(30-40(35,36)22-8-5-4-6-9-22)27(24)39-26(19)17-31(3)41(37,38)23-14-12-21(29)13-15-23/h4-15,19-20,26,30,33H,16-18H2,1-3H3/t19-,20-,26+/m0/s1. The first-order chi connectivity index (χ1) is 19.3. The van der Waals surface area contributed by atoms with E-state index in [1.165, 1.54) is 66.5 Å². The number of carbonyl (C=O) groups excluding carboxylic acids is 1. The molecule has 0 aliphatic carbocycles. The average Bonchev–Trinajstić information content (AvgIpc) is 2.95. The third-order valence-corrected chi connectivity index (χ3v) is 10.4. The Kier molecular flexibility index (Phi) is 9.29. The molecule has 1 amide bonds. The molecule has 0 saturated carbocycles. The molecular weight excluding hydrogens is 590 g/mol. The van der Waals surface area contributed by atoms with Gasteiger partial charge in [-0.2, -0.15) is 4.31 Å². The zero-order chi connectivity index (χ0) is 29.9. The van der Waals surface area contributed by atoms with Crippen LogP contribution < -0.4 is 9.46 Å². The number of nitrogens with one attached hydrogen (secondary N) is 1. The number of para-hydroxylation sites is 1. The van der Waals surface area contributed by atoms with Crippen LogP contribution in [-0.4, -0.2) is 75.9 Å². The van der Waals surface area contributed by atoms with Crippen molar-refractivity contribution in [2.24, 2.45) is 5.92 Å². The van der Waals surface area contributed by atoms with Crippen molar-refractivity contribution in [2.75, 3.05) is 31.5 Å². The molecule has 3 aromatic carbocycles. The number of fused-ring (bicyclic) bond motifs is 1. The molecule has 4 rings (SSSR count). The Morgan fingerprint density at radius 2 is 1.68 bits per heavy atom. The van der Waals surface area contributed by atoms with Crippen LogP contribution in [0.4, 0.5) is 5.69 Å². The molecule has 0 radical (unpaired) electrons. The highest BCUT2D eigenvalue weighted by Gasteiger charge is 2.36. The normalized spacial score (nSPS) is 18.7. The second-order valence-corrected chi connectivity index (χ2v) is 14.1. The summed E-state index contributed by atoms with van der Waals surface area (Å²) in [6.45, 7) is 3.26. The van der Waals surface area contributed by atoms with Gasteiger partial charge in [-0.25, -0.2) is 16.8 Å². The van der Waals surface area contributed by atoms with Crippen LogP contribution in [0.1, 0.15) is 24.2 Å².